The molecule has 19 heavy (non-hydrogen) atoms. The highest BCUT2D eigenvalue weighted by molar-refractivity contribution is 7.90. The number of nitrogens with one attached hydrogen (secondary N) is 2. The maximum Gasteiger partial charge on any atom is 0.167 e. The van der Waals surface area contributed by atoms with Crippen LogP contribution in [-0.4, -0.2) is 40.1 Å². The Morgan fingerprint density at radius 2 is 2.16 bits per heavy atom. The van der Waals surface area contributed by atoms with Crippen molar-refractivity contribution in [3.05, 3.63) is 17.9 Å². The highest BCUT2D eigenvalue weighted by Gasteiger charge is 2.20. The largest absolute Gasteiger partial charge is 0.494 e. The van der Waals surface area contributed by atoms with Gasteiger partial charge < -0.3 is 15.4 Å². The summed E-state index contributed by atoms with van der Waals surface area (Å²) in [6.45, 7) is 0.564. The summed E-state index contributed by atoms with van der Waals surface area (Å²) < 4.78 is 40.7. The third-order valence-corrected chi connectivity index (χ3v) is 4.00. The van der Waals surface area contributed by atoms with Crippen LogP contribution in [0.25, 0.3) is 0 Å². The van der Waals surface area contributed by atoms with Crippen molar-refractivity contribution in [3.63, 3.8) is 0 Å². The Hall–Kier alpha value is -1.50. The number of rotatable bonds is 4. The summed E-state index contributed by atoms with van der Waals surface area (Å²) in [6, 6.07) is 2.94. The molecule has 1 atom stereocenters. The third kappa shape index (κ3) is 3.50. The molecule has 0 bridgehead atoms. The fraction of sp³-hybridized carbons (Fsp3) is 0.500. The molecule has 0 saturated heterocycles. The zero-order valence-electron chi connectivity index (χ0n) is 10.9. The number of anilines is 2. The molecular formula is C12H17FN2O3S. The van der Waals surface area contributed by atoms with Crippen LogP contribution in [0.5, 0.6) is 5.75 Å². The Bertz CT molecular complexity index is 575. The predicted octanol–water partition coefficient (Wildman–Crippen LogP) is 1.47. The second kappa shape index (κ2) is 5.24. The third-order valence-electron chi connectivity index (χ3n) is 3.03. The average Bonchev–Trinajstić information content (AvgIpc) is 2.34. The minimum Gasteiger partial charge on any atom is -0.494 e. The van der Waals surface area contributed by atoms with E-state index in [2.05, 4.69) is 10.6 Å². The lowest BCUT2D eigenvalue weighted by Gasteiger charge is -2.28. The molecule has 0 fully saturated rings. The van der Waals surface area contributed by atoms with Gasteiger partial charge in [0.05, 0.1) is 24.2 Å². The van der Waals surface area contributed by atoms with E-state index in [1.54, 1.807) is 6.07 Å². The van der Waals surface area contributed by atoms with Crippen LogP contribution in [0.2, 0.25) is 0 Å². The normalized spacial score (nSPS) is 18.2. The first-order valence-electron chi connectivity index (χ1n) is 5.95. The molecule has 0 radical (unpaired) electrons. The Morgan fingerprint density at radius 1 is 1.42 bits per heavy atom. The summed E-state index contributed by atoms with van der Waals surface area (Å²) in [5, 5.41) is 6.29. The Labute approximate surface area is 112 Å². The molecule has 1 aliphatic rings. The van der Waals surface area contributed by atoms with Gasteiger partial charge in [-0.2, -0.15) is 0 Å². The highest BCUT2D eigenvalue weighted by atomic mass is 32.2. The van der Waals surface area contributed by atoms with E-state index in [9.17, 15) is 12.8 Å². The van der Waals surface area contributed by atoms with Crippen molar-refractivity contribution in [2.24, 2.45) is 0 Å². The summed E-state index contributed by atoms with van der Waals surface area (Å²) in [5.74, 6) is -0.137. The maximum atomic E-state index is 13.5. The van der Waals surface area contributed by atoms with Gasteiger partial charge in [-0.25, -0.2) is 12.8 Å². The average molecular weight is 288 g/mol. The van der Waals surface area contributed by atoms with Crippen LogP contribution in [0.15, 0.2) is 12.1 Å². The Morgan fingerprint density at radius 3 is 2.79 bits per heavy atom. The van der Waals surface area contributed by atoms with Crippen molar-refractivity contribution < 1.29 is 17.5 Å². The van der Waals surface area contributed by atoms with Crippen molar-refractivity contribution in [2.45, 2.75) is 12.5 Å². The molecule has 1 aliphatic heterocycles. The molecule has 0 saturated carbocycles. The van der Waals surface area contributed by atoms with Crippen LogP contribution in [-0.2, 0) is 9.84 Å². The molecule has 2 N–H and O–H groups in total. The van der Waals surface area contributed by atoms with Crippen LogP contribution in [0, 0.1) is 5.82 Å². The van der Waals surface area contributed by atoms with E-state index in [0.717, 1.165) is 5.69 Å². The van der Waals surface area contributed by atoms with Gasteiger partial charge in [-0.3, -0.25) is 0 Å². The van der Waals surface area contributed by atoms with Crippen molar-refractivity contribution in [2.75, 3.05) is 36.3 Å². The van der Waals surface area contributed by atoms with Crippen LogP contribution in [0.1, 0.15) is 6.42 Å². The molecule has 0 spiro atoms. The molecule has 0 aliphatic carbocycles. The zero-order chi connectivity index (χ0) is 14.0. The molecule has 0 aromatic heterocycles. The molecule has 1 unspecified atom stereocenters. The standard InChI is InChI=1S/C12H17FN2O3S/c1-18-12-6-11-10(5-9(12)13)14-7-8(15-11)3-4-19(2,16)17/h5-6,8,14-15H,3-4,7H2,1-2H3. The highest BCUT2D eigenvalue weighted by Crippen LogP contribution is 2.33. The zero-order valence-corrected chi connectivity index (χ0v) is 11.7. The molecular weight excluding hydrogens is 271 g/mol. The maximum absolute atomic E-state index is 13.5. The van der Waals surface area contributed by atoms with Gasteiger partial charge in [0.2, 0.25) is 0 Å². The Kier molecular flexibility index (Phi) is 3.84. The minimum atomic E-state index is -2.97. The predicted molar refractivity (Wildman–Crippen MR) is 73.2 cm³/mol. The lowest BCUT2D eigenvalue weighted by molar-refractivity contribution is 0.386. The number of benzene rings is 1. The lowest BCUT2D eigenvalue weighted by atomic mass is 10.1. The van der Waals surface area contributed by atoms with Gasteiger partial charge in [0.1, 0.15) is 9.84 Å². The van der Waals surface area contributed by atoms with Crippen molar-refractivity contribution in [1.82, 2.24) is 0 Å². The van der Waals surface area contributed by atoms with Gasteiger partial charge in [-0.05, 0) is 6.42 Å². The number of ether oxygens (including phenoxy) is 1. The monoisotopic (exact) mass is 288 g/mol. The molecule has 0 amide bonds. The van der Waals surface area contributed by atoms with E-state index in [1.807, 2.05) is 0 Å². The van der Waals surface area contributed by atoms with Gasteiger partial charge in [0.25, 0.3) is 0 Å². The molecule has 1 heterocycles. The molecule has 2 rings (SSSR count). The summed E-state index contributed by atoms with van der Waals surface area (Å²) >= 11 is 0. The number of hydrogen-bond acceptors (Lipinski definition) is 5. The molecule has 1 aromatic rings. The first-order chi connectivity index (χ1) is 8.89. The van der Waals surface area contributed by atoms with Crippen LogP contribution in [0.3, 0.4) is 0 Å². The summed E-state index contributed by atoms with van der Waals surface area (Å²) in [5.41, 5.74) is 1.39. The van der Waals surface area contributed by atoms with E-state index in [4.69, 9.17) is 4.74 Å². The number of hydrogen-bond donors (Lipinski definition) is 2. The molecule has 7 heteroatoms. The number of methoxy groups -OCH3 is 1. The van der Waals surface area contributed by atoms with Crippen LogP contribution < -0.4 is 15.4 Å². The van der Waals surface area contributed by atoms with Gasteiger partial charge >= 0.3 is 0 Å². The van der Waals surface area contributed by atoms with Crippen LogP contribution in [0.4, 0.5) is 15.8 Å². The minimum absolute atomic E-state index is 0.00241. The number of halogens is 1. The summed E-state index contributed by atoms with van der Waals surface area (Å²) in [7, 11) is -1.57. The first-order valence-corrected chi connectivity index (χ1v) is 8.01. The van der Waals surface area contributed by atoms with Gasteiger partial charge in [-0.15, -0.1) is 0 Å². The van der Waals surface area contributed by atoms with E-state index in [0.29, 0.717) is 18.7 Å². The second-order valence-corrected chi connectivity index (χ2v) is 6.93. The van der Waals surface area contributed by atoms with Gasteiger partial charge in [-0.1, -0.05) is 0 Å². The van der Waals surface area contributed by atoms with Crippen molar-refractivity contribution in [1.29, 1.82) is 0 Å². The van der Waals surface area contributed by atoms with Crippen molar-refractivity contribution in [3.8, 4) is 5.75 Å². The topological polar surface area (TPSA) is 67.4 Å². The van der Waals surface area contributed by atoms with E-state index < -0.39 is 15.7 Å². The molecule has 1 aromatic carbocycles. The summed E-state index contributed by atoms with van der Waals surface area (Å²) in [4.78, 5) is 0. The van der Waals surface area contributed by atoms with E-state index in [-0.39, 0.29) is 17.5 Å². The lowest BCUT2D eigenvalue weighted by Crippen LogP contribution is -2.34. The quantitative estimate of drug-likeness (QED) is 0.878. The SMILES string of the molecule is COc1cc2c(cc1F)NCC(CCS(C)(=O)=O)N2. The second-order valence-electron chi connectivity index (χ2n) is 4.67. The van der Waals surface area contributed by atoms with E-state index in [1.165, 1.54) is 19.4 Å². The fourth-order valence-electron chi connectivity index (χ4n) is 2.01. The first kappa shape index (κ1) is 13.9. The molecule has 5 nitrogen and oxygen atoms in total. The smallest absolute Gasteiger partial charge is 0.167 e. The van der Waals surface area contributed by atoms with Crippen LogP contribution >= 0.6 is 0 Å². The molecule has 106 valence electrons. The van der Waals surface area contributed by atoms with Crippen molar-refractivity contribution >= 4 is 21.2 Å². The number of fused-ring (bicyclic) bond motifs is 1. The van der Waals surface area contributed by atoms with E-state index >= 15 is 0 Å². The fourth-order valence-corrected chi connectivity index (χ4v) is 2.72. The van der Waals surface area contributed by atoms with Gasteiger partial charge in [0, 0.05) is 31.0 Å². The summed E-state index contributed by atoms with van der Waals surface area (Å²) in [6.07, 6.45) is 1.72. The van der Waals surface area contributed by atoms with Gasteiger partial charge in [0.15, 0.2) is 11.6 Å². The number of sulfone groups is 1. The Balaban J connectivity index is 2.10.